The summed E-state index contributed by atoms with van der Waals surface area (Å²) in [6.07, 6.45) is 3.26. The van der Waals surface area contributed by atoms with Crippen molar-refractivity contribution >= 4 is 27.9 Å². The molecule has 0 unspecified atom stereocenters. The van der Waals surface area contributed by atoms with E-state index in [2.05, 4.69) is 4.72 Å². The van der Waals surface area contributed by atoms with Gasteiger partial charge in [0.2, 0.25) is 5.75 Å². The SMILES string of the molecule is COc1ccc(/C=C\c2cc(OC)c(OC)c(OC)c2)c(NS(=O)(=O)c2ccc(C)cc2)c1F. The topological polar surface area (TPSA) is 83.1 Å². The number of anilines is 1. The van der Waals surface area contributed by atoms with Gasteiger partial charge in [-0.2, -0.15) is 0 Å². The highest BCUT2D eigenvalue weighted by molar-refractivity contribution is 7.92. The molecule has 34 heavy (non-hydrogen) atoms. The molecule has 0 aliphatic rings. The number of rotatable bonds is 9. The number of methoxy groups -OCH3 is 4. The van der Waals surface area contributed by atoms with Crippen LogP contribution < -0.4 is 23.7 Å². The van der Waals surface area contributed by atoms with E-state index in [0.29, 0.717) is 28.4 Å². The van der Waals surface area contributed by atoms with E-state index in [9.17, 15) is 8.42 Å². The van der Waals surface area contributed by atoms with Crippen LogP contribution in [-0.4, -0.2) is 36.9 Å². The van der Waals surface area contributed by atoms with Crippen molar-refractivity contribution in [1.29, 1.82) is 0 Å². The molecule has 3 rings (SSSR count). The number of hydrogen-bond acceptors (Lipinski definition) is 6. The Morgan fingerprint density at radius 3 is 1.91 bits per heavy atom. The summed E-state index contributed by atoms with van der Waals surface area (Å²) < 4.78 is 64.5. The molecule has 3 aromatic carbocycles. The van der Waals surface area contributed by atoms with E-state index in [1.54, 1.807) is 42.5 Å². The van der Waals surface area contributed by atoms with Gasteiger partial charge >= 0.3 is 0 Å². The molecule has 3 aromatic rings. The molecule has 0 radical (unpaired) electrons. The quantitative estimate of drug-likeness (QED) is 0.421. The highest BCUT2D eigenvalue weighted by Gasteiger charge is 2.21. The first kappa shape index (κ1) is 24.9. The van der Waals surface area contributed by atoms with Gasteiger partial charge < -0.3 is 18.9 Å². The summed E-state index contributed by atoms with van der Waals surface area (Å²) in [6.45, 7) is 1.84. The van der Waals surface area contributed by atoms with Crippen molar-refractivity contribution in [2.24, 2.45) is 0 Å². The van der Waals surface area contributed by atoms with Gasteiger partial charge in [0.25, 0.3) is 10.0 Å². The van der Waals surface area contributed by atoms with E-state index in [4.69, 9.17) is 18.9 Å². The summed E-state index contributed by atoms with van der Waals surface area (Å²) in [6, 6.07) is 12.7. The number of halogens is 1. The normalized spacial score (nSPS) is 11.4. The van der Waals surface area contributed by atoms with Gasteiger partial charge in [-0.3, -0.25) is 4.72 Å². The van der Waals surface area contributed by atoms with Gasteiger partial charge in [0.15, 0.2) is 23.1 Å². The molecule has 1 N–H and O–H groups in total. The standard InChI is InChI=1S/C25H26FNO6S/c1-16-6-11-19(12-7-16)34(28,29)27-24-18(10-13-20(30-2)23(24)26)9-8-17-14-21(31-3)25(33-5)22(15-17)32-4/h6-15,27H,1-5H3/b9-8-. The van der Waals surface area contributed by atoms with Crippen molar-refractivity contribution in [3.05, 3.63) is 71.0 Å². The lowest BCUT2D eigenvalue weighted by atomic mass is 10.1. The minimum Gasteiger partial charge on any atom is -0.494 e. The molecule has 180 valence electrons. The minimum atomic E-state index is -4.05. The maximum absolute atomic E-state index is 15.2. The molecule has 0 saturated heterocycles. The molecule has 0 atom stereocenters. The van der Waals surface area contributed by atoms with Crippen molar-refractivity contribution in [1.82, 2.24) is 0 Å². The fourth-order valence-corrected chi connectivity index (χ4v) is 4.35. The van der Waals surface area contributed by atoms with Crippen LogP contribution in [0.5, 0.6) is 23.0 Å². The molecule has 7 nitrogen and oxygen atoms in total. The second-order valence-corrected chi connectivity index (χ2v) is 8.94. The van der Waals surface area contributed by atoms with Crippen molar-refractivity contribution in [2.45, 2.75) is 11.8 Å². The van der Waals surface area contributed by atoms with Gasteiger partial charge in [0.05, 0.1) is 39.0 Å². The van der Waals surface area contributed by atoms with Crippen LogP contribution in [0.25, 0.3) is 12.2 Å². The first-order chi connectivity index (χ1) is 16.2. The van der Waals surface area contributed by atoms with E-state index in [1.807, 2.05) is 6.92 Å². The van der Waals surface area contributed by atoms with Gasteiger partial charge in [0.1, 0.15) is 0 Å². The Morgan fingerprint density at radius 1 is 0.794 bits per heavy atom. The fraction of sp³-hybridized carbons (Fsp3) is 0.200. The maximum atomic E-state index is 15.2. The lowest BCUT2D eigenvalue weighted by molar-refractivity contribution is 0.324. The molecule has 0 bridgehead atoms. The van der Waals surface area contributed by atoms with Crippen molar-refractivity contribution in [3.63, 3.8) is 0 Å². The third-order valence-corrected chi connectivity index (χ3v) is 6.43. The van der Waals surface area contributed by atoms with Crippen LogP contribution in [-0.2, 0) is 10.0 Å². The lowest BCUT2D eigenvalue weighted by Gasteiger charge is -2.15. The maximum Gasteiger partial charge on any atom is 0.262 e. The molecular formula is C25H26FNO6S. The Kier molecular flexibility index (Phi) is 7.68. The van der Waals surface area contributed by atoms with Gasteiger partial charge in [-0.1, -0.05) is 29.8 Å². The fourth-order valence-electron chi connectivity index (χ4n) is 3.27. The highest BCUT2D eigenvalue weighted by atomic mass is 32.2. The average molecular weight is 488 g/mol. The van der Waals surface area contributed by atoms with E-state index < -0.39 is 15.8 Å². The van der Waals surface area contributed by atoms with Crippen LogP contribution in [0.1, 0.15) is 16.7 Å². The monoisotopic (exact) mass is 487 g/mol. The van der Waals surface area contributed by atoms with Crippen LogP contribution >= 0.6 is 0 Å². The number of nitrogens with one attached hydrogen (secondary N) is 1. The molecule has 9 heteroatoms. The summed E-state index contributed by atoms with van der Waals surface area (Å²) in [5.41, 5.74) is 1.63. The van der Waals surface area contributed by atoms with Crippen LogP contribution in [0.15, 0.2) is 53.4 Å². The molecule has 0 aromatic heterocycles. The Labute approximate surface area is 198 Å². The predicted molar refractivity (Wildman–Crippen MR) is 130 cm³/mol. The molecule has 0 amide bonds. The van der Waals surface area contributed by atoms with Gasteiger partial charge in [0, 0.05) is 5.56 Å². The summed E-state index contributed by atoms with van der Waals surface area (Å²) in [4.78, 5) is 0.0138. The lowest BCUT2D eigenvalue weighted by Crippen LogP contribution is -2.15. The minimum absolute atomic E-state index is 0.0138. The van der Waals surface area contributed by atoms with Gasteiger partial charge in [-0.15, -0.1) is 0 Å². The number of sulfonamides is 1. The van der Waals surface area contributed by atoms with E-state index in [0.717, 1.165) is 5.56 Å². The zero-order valence-electron chi connectivity index (χ0n) is 19.5. The third-order valence-electron chi connectivity index (χ3n) is 5.07. The number of benzene rings is 3. The molecule has 0 fully saturated rings. The molecule has 0 spiro atoms. The van der Waals surface area contributed by atoms with Crippen molar-refractivity contribution in [3.8, 4) is 23.0 Å². The van der Waals surface area contributed by atoms with Crippen molar-refractivity contribution in [2.75, 3.05) is 33.2 Å². The molecule has 0 aliphatic carbocycles. The Morgan fingerprint density at radius 2 is 1.38 bits per heavy atom. The number of aryl methyl sites for hydroxylation is 1. The largest absolute Gasteiger partial charge is 0.494 e. The second-order valence-electron chi connectivity index (χ2n) is 7.26. The zero-order valence-corrected chi connectivity index (χ0v) is 20.3. The van der Waals surface area contributed by atoms with E-state index >= 15 is 4.39 Å². The second kappa shape index (κ2) is 10.5. The molecule has 0 heterocycles. The van der Waals surface area contributed by atoms with Crippen LogP contribution in [0.3, 0.4) is 0 Å². The summed E-state index contributed by atoms with van der Waals surface area (Å²) >= 11 is 0. The molecule has 0 saturated carbocycles. The smallest absolute Gasteiger partial charge is 0.262 e. The first-order valence-corrected chi connectivity index (χ1v) is 11.7. The Bertz CT molecular complexity index is 1280. The molecule has 0 aliphatic heterocycles. The zero-order chi connectivity index (χ0) is 24.9. The highest BCUT2D eigenvalue weighted by Crippen LogP contribution is 2.39. The summed E-state index contributed by atoms with van der Waals surface area (Å²) in [5, 5.41) is 0. The average Bonchev–Trinajstić information content (AvgIpc) is 2.83. The third kappa shape index (κ3) is 5.26. The van der Waals surface area contributed by atoms with E-state index in [-0.39, 0.29) is 16.3 Å². The first-order valence-electron chi connectivity index (χ1n) is 10.2. The number of ether oxygens (including phenoxy) is 4. The van der Waals surface area contributed by atoms with E-state index in [1.165, 1.54) is 46.6 Å². The van der Waals surface area contributed by atoms with Gasteiger partial charge in [-0.05, 0) is 48.9 Å². The summed E-state index contributed by atoms with van der Waals surface area (Å²) in [5.74, 6) is 0.409. The summed E-state index contributed by atoms with van der Waals surface area (Å²) in [7, 11) is 1.76. The van der Waals surface area contributed by atoms with Crippen molar-refractivity contribution < 1.29 is 31.8 Å². The van der Waals surface area contributed by atoms with Crippen LogP contribution in [0.4, 0.5) is 10.1 Å². The van der Waals surface area contributed by atoms with Crippen LogP contribution in [0, 0.1) is 12.7 Å². The number of hydrogen-bond donors (Lipinski definition) is 1. The van der Waals surface area contributed by atoms with Crippen LogP contribution in [0.2, 0.25) is 0 Å². The predicted octanol–water partition coefficient (Wildman–Crippen LogP) is 5.14. The Hall–Kier alpha value is -3.72. The Balaban J connectivity index is 2.05. The van der Waals surface area contributed by atoms with Gasteiger partial charge in [-0.25, -0.2) is 12.8 Å². The molecular weight excluding hydrogens is 461 g/mol.